The molecule has 0 spiro atoms. The minimum absolute atomic E-state index is 0.113. The van der Waals surface area contributed by atoms with Gasteiger partial charge in [0.25, 0.3) is 0 Å². The zero-order valence-electron chi connectivity index (χ0n) is 14.2. The van der Waals surface area contributed by atoms with E-state index in [9.17, 15) is 4.79 Å². The summed E-state index contributed by atoms with van der Waals surface area (Å²) >= 11 is 0. The zero-order chi connectivity index (χ0) is 17.6. The number of carbonyl (C=O) groups is 1. The summed E-state index contributed by atoms with van der Waals surface area (Å²) in [5.74, 6) is -0.410. The summed E-state index contributed by atoms with van der Waals surface area (Å²) in [5.41, 5.74) is 1.32. The average molecular weight is 338 g/mol. The fourth-order valence-corrected chi connectivity index (χ4v) is 2.86. The summed E-state index contributed by atoms with van der Waals surface area (Å²) < 4.78 is 0. The monoisotopic (exact) mass is 338 g/mol. The fourth-order valence-electron chi connectivity index (χ4n) is 2.86. The van der Waals surface area contributed by atoms with Gasteiger partial charge < -0.3 is 10.0 Å². The standard InChI is InChI=1S/C19H22N4O2/c1-15(7-8-16-5-3-2-4-6-16)22-9-11-23(12-10-22)19-20-13-17(14-21-19)18(24)25/h2-8,13-15H,9-12H2,1H3,(H,24,25). The van der Waals surface area contributed by atoms with E-state index >= 15 is 0 Å². The predicted molar refractivity (Wildman–Crippen MR) is 97.7 cm³/mol. The molecule has 1 atom stereocenters. The van der Waals surface area contributed by atoms with Crippen molar-refractivity contribution in [2.75, 3.05) is 31.1 Å². The van der Waals surface area contributed by atoms with E-state index in [-0.39, 0.29) is 5.56 Å². The Morgan fingerprint density at radius 3 is 2.36 bits per heavy atom. The molecule has 2 aromatic rings. The predicted octanol–water partition coefficient (Wildman–Crippen LogP) is 2.40. The lowest BCUT2D eigenvalue weighted by Crippen LogP contribution is -2.49. The van der Waals surface area contributed by atoms with Crippen LogP contribution in [0.4, 0.5) is 5.95 Å². The van der Waals surface area contributed by atoms with Gasteiger partial charge in [-0.3, -0.25) is 4.90 Å². The van der Waals surface area contributed by atoms with Crippen LogP contribution in [0.25, 0.3) is 6.08 Å². The number of carboxylic acids is 1. The van der Waals surface area contributed by atoms with E-state index in [2.05, 4.69) is 51.0 Å². The van der Waals surface area contributed by atoms with E-state index in [1.165, 1.54) is 18.0 Å². The highest BCUT2D eigenvalue weighted by Gasteiger charge is 2.21. The molecule has 0 radical (unpaired) electrons. The van der Waals surface area contributed by atoms with Crippen molar-refractivity contribution in [3.05, 3.63) is 59.9 Å². The van der Waals surface area contributed by atoms with Crippen molar-refractivity contribution in [2.45, 2.75) is 13.0 Å². The molecule has 1 aromatic heterocycles. The smallest absolute Gasteiger partial charge is 0.338 e. The minimum atomic E-state index is -1.00. The first-order valence-electron chi connectivity index (χ1n) is 8.41. The lowest BCUT2D eigenvalue weighted by Gasteiger charge is -2.37. The molecule has 2 heterocycles. The Morgan fingerprint density at radius 1 is 1.12 bits per heavy atom. The Balaban J connectivity index is 1.54. The Morgan fingerprint density at radius 2 is 1.76 bits per heavy atom. The highest BCUT2D eigenvalue weighted by Crippen LogP contribution is 2.14. The van der Waals surface area contributed by atoms with Gasteiger partial charge in [0.1, 0.15) is 0 Å². The van der Waals surface area contributed by atoms with E-state index < -0.39 is 5.97 Å². The van der Waals surface area contributed by atoms with Crippen LogP contribution in [0.1, 0.15) is 22.8 Å². The van der Waals surface area contributed by atoms with Gasteiger partial charge in [-0.1, -0.05) is 42.5 Å². The lowest BCUT2D eigenvalue weighted by atomic mass is 10.1. The number of hydrogen-bond donors (Lipinski definition) is 1. The average Bonchev–Trinajstić information content (AvgIpc) is 2.67. The fraction of sp³-hybridized carbons (Fsp3) is 0.316. The third-order valence-corrected chi connectivity index (χ3v) is 4.42. The highest BCUT2D eigenvalue weighted by atomic mass is 16.4. The Kier molecular flexibility index (Phi) is 5.40. The van der Waals surface area contributed by atoms with Crippen LogP contribution >= 0.6 is 0 Å². The molecular formula is C19H22N4O2. The van der Waals surface area contributed by atoms with Gasteiger partial charge in [-0.2, -0.15) is 0 Å². The number of nitrogens with zero attached hydrogens (tertiary/aromatic N) is 4. The maximum atomic E-state index is 10.9. The molecule has 6 heteroatoms. The zero-order valence-corrected chi connectivity index (χ0v) is 14.2. The normalized spacial score (nSPS) is 16.9. The van der Waals surface area contributed by atoms with Crippen molar-refractivity contribution in [2.24, 2.45) is 0 Å². The molecule has 25 heavy (non-hydrogen) atoms. The molecule has 0 bridgehead atoms. The van der Waals surface area contributed by atoms with Crippen molar-refractivity contribution in [1.82, 2.24) is 14.9 Å². The summed E-state index contributed by atoms with van der Waals surface area (Å²) in [7, 11) is 0. The molecular weight excluding hydrogens is 316 g/mol. The number of carboxylic acid groups (broad SMARTS) is 1. The van der Waals surface area contributed by atoms with Crippen LogP contribution in [0, 0.1) is 0 Å². The molecule has 6 nitrogen and oxygen atoms in total. The third-order valence-electron chi connectivity index (χ3n) is 4.42. The number of benzene rings is 1. The molecule has 0 saturated carbocycles. The van der Waals surface area contributed by atoms with Gasteiger partial charge >= 0.3 is 5.97 Å². The molecule has 1 aliphatic rings. The lowest BCUT2D eigenvalue weighted by molar-refractivity contribution is 0.0696. The van der Waals surface area contributed by atoms with Crippen LogP contribution in [0.2, 0.25) is 0 Å². The third kappa shape index (κ3) is 4.42. The van der Waals surface area contributed by atoms with Gasteiger partial charge in [0.2, 0.25) is 5.95 Å². The molecule has 1 saturated heterocycles. The Hall–Kier alpha value is -2.73. The summed E-state index contributed by atoms with van der Waals surface area (Å²) in [4.78, 5) is 23.7. The molecule has 0 aliphatic carbocycles. The molecule has 1 N–H and O–H groups in total. The maximum Gasteiger partial charge on any atom is 0.338 e. The van der Waals surface area contributed by atoms with Crippen molar-refractivity contribution >= 4 is 18.0 Å². The first-order valence-corrected chi connectivity index (χ1v) is 8.41. The quantitative estimate of drug-likeness (QED) is 0.903. The molecule has 1 unspecified atom stereocenters. The van der Waals surface area contributed by atoms with Crippen molar-refractivity contribution in [3.63, 3.8) is 0 Å². The topological polar surface area (TPSA) is 69.6 Å². The summed E-state index contributed by atoms with van der Waals surface area (Å²) in [6, 6.07) is 10.7. The number of anilines is 1. The van der Waals surface area contributed by atoms with Gasteiger partial charge in [0, 0.05) is 44.6 Å². The van der Waals surface area contributed by atoms with Crippen LogP contribution in [0.15, 0.2) is 48.8 Å². The maximum absolute atomic E-state index is 10.9. The molecule has 0 amide bonds. The van der Waals surface area contributed by atoms with E-state index in [1.54, 1.807) is 0 Å². The number of rotatable bonds is 5. The van der Waals surface area contributed by atoms with Crippen LogP contribution in [0.3, 0.4) is 0 Å². The van der Waals surface area contributed by atoms with E-state index in [0.717, 1.165) is 26.2 Å². The van der Waals surface area contributed by atoms with Crippen LogP contribution < -0.4 is 4.90 Å². The summed E-state index contributed by atoms with van der Waals surface area (Å²) in [6.45, 7) is 5.70. The van der Waals surface area contributed by atoms with E-state index in [1.807, 2.05) is 18.2 Å². The number of piperazine rings is 1. The Bertz CT molecular complexity index is 723. The van der Waals surface area contributed by atoms with Gasteiger partial charge in [-0.25, -0.2) is 14.8 Å². The number of aromatic carboxylic acids is 1. The van der Waals surface area contributed by atoms with E-state index in [4.69, 9.17) is 5.11 Å². The first kappa shape index (κ1) is 17.1. The first-order chi connectivity index (χ1) is 12.1. The molecule has 3 rings (SSSR count). The second-order valence-electron chi connectivity index (χ2n) is 6.11. The van der Waals surface area contributed by atoms with Crippen LogP contribution in [0.5, 0.6) is 0 Å². The van der Waals surface area contributed by atoms with Crippen LogP contribution in [-0.2, 0) is 0 Å². The van der Waals surface area contributed by atoms with Gasteiger partial charge in [-0.05, 0) is 12.5 Å². The Labute approximate surface area is 147 Å². The van der Waals surface area contributed by atoms with Crippen molar-refractivity contribution < 1.29 is 9.90 Å². The molecule has 130 valence electrons. The molecule has 1 aromatic carbocycles. The highest BCUT2D eigenvalue weighted by molar-refractivity contribution is 5.86. The summed E-state index contributed by atoms with van der Waals surface area (Å²) in [6.07, 6.45) is 7.11. The number of aromatic nitrogens is 2. The minimum Gasteiger partial charge on any atom is -0.478 e. The van der Waals surface area contributed by atoms with Crippen LogP contribution in [-0.4, -0.2) is 58.2 Å². The number of hydrogen-bond acceptors (Lipinski definition) is 5. The van der Waals surface area contributed by atoms with Gasteiger partial charge in [0.05, 0.1) is 5.56 Å². The van der Waals surface area contributed by atoms with Gasteiger partial charge in [0.15, 0.2) is 0 Å². The second-order valence-corrected chi connectivity index (χ2v) is 6.11. The molecule has 1 aliphatic heterocycles. The van der Waals surface area contributed by atoms with Gasteiger partial charge in [-0.15, -0.1) is 0 Å². The second kappa shape index (κ2) is 7.90. The summed E-state index contributed by atoms with van der Waals surface area (Å²) in [5, 5.41) is 8.91. The van der Waals surface area contributed by atoms with Crippen molar-refractivity contribution in [3.8, 4) is 0 Å². The van der Waals surface area contributed by atoms with Crippen molar-refractivity contribution in [1.29, 1.82) is 0 Å². The molecule has 1 fully saturated rings. The largest absolute Gasteiger partial charge is 0.478 e. The SMILES string of the molecule is CC(C=Cc1ccccc1)N1CCN(c2ncc(C(=O)O)cn2)CC1. The van der Waals surface area contributed by atoms with E-state index in [0.29, 0.717) is 12.0 Å².